The molecule has 0 bridgehead atoms. The molecule has 0 radical (unpaired) electrons. The number of anilines is 1. The highest BCUT2D eigenvalue weighted by Crippen LogP contribution is 2.35. The molecule has 4 aromatic rings. The van der Waals surface area contributed by atoms with Gasteiger partial charge >= 0.3 is 12.3 Å². The third kappa shape index (κ3) is 5.74. The molecule has 1 heterocycles. The molecular weight excluding hydrogens is 640 g/mol. The minimum absolute atomic E-state index is 0.101. The lowest BCUT2D eigenvalue weighted by molar-refractivity contribution is -0.274. The Morgan fingerprint density at radius 3 is 2.35 bits per heavy atom. The molecule has 2 atom stereocenters. The van der Waals surface area contributed by atoms with E-state index in [9.17, 15) is 32.7 Å². The molecule has 0 spiro atoms. The average Bonchev–Trinajstić information content (AvgIpc) is 3.00. The van der Waals surface area contributed by atoms with Gasteiger partial charge in [-0.1, -0.05) is 54.6 Å². The normalized spacial score (nSPS) is 16.2. The third-order valence-electron chi connectivity index (χ3n) is 6.52. The number of aliphatic carboxylic acids is 1. The van der Waals surface area contributed by atoms with E-state index >= 15 is 0 Å². The molecule has 2 N–H and O–H groups in total. The molecule has 204 valence electrons. The van der Waals surface area contributed by atoms with Crippen molar-refractivity contribution in [2.24, 2.45) is 0 Å². The van der Waals surface area contributed by atoms with Gasteiger partial charge in [0.25, 0.3) is 11.8 Å². The van der Waals surface area contributed by atoms with Gasteiger partial charge in [0.1, 0.15) is 17.8 Å². The first-order chi connectivity index (χ1) is 19.0. The number of carboxylic acids is 1. The minimum Gasteiger partial charge on any atom is -0.480 e. The van der Waals surface area contributed by atoms with Crippen LogP contribution in [0, 0.1) is 3.57 Å². The number of hydrogen-bond donors (Lipinski definition) is 2. The average molecular weight is 660 g/mol. The molecule has 5 rings (SSSR count). The van der Waals surface area contributed by atoms with Crippen LogP contribution in [0.15, 0.2) is 84.9 Å². The number of nitrogens with one attached hydrogen (secondary N) is 1. The fraction of sp³-hybridized carbons (Fsp3) is 0.138. The summed E-state index contributed by atoms with van der Waals surface area (Å²) in [4.78, 5) is 41.3. The molecule has 2 unspecified atom stereocenters. The van der Waals surface area contributed by atoms with Crippen molar-refractivity contribution in [1.82, 2.24) is 4.90 Å². The standard InChI is InChI=1S/C29H20F3IN2O5/c30-29(31,32)40-21-10-7-18(8-11-21)25-26(36)34-23-12-9-20(33)15-22(23)27(37)35(25)24(28(38)39)14-16-5-6-17-3-1-2-4-19(17)13-16/h1-13,15,24-25H,14H2,(H,34,36)(H,38,39). The van der Waals surface area contributed by atoms with E-state index in [4.69, 9.17) is 0 Å². The van der Waals surface area contributed by atoms with Crippen molar-refractivity contribution in [2.75, 3.05) is 5.32 Å². The first kappa shape index (κ1) is 27.4. The number of carbonyl (C=O) groups excluding carboxylic acids is 2. The van der Waals surface area contributed by atoms with Gasteiger partial charge in [-0.05, 0) is 74.8 Å². The summed E-state index contributed by atoms with van der Waals surface area (Å²) in [6.45, 7) is 0. The van der Waals surface area contributed by atoms with Gasteiger partial charge in [-0.3, -0.25) is 9.59 Å². The molecular formula is C29H20F3IN2O5. The molecule has 0 aromatic heterocycles. The van der Waals surface area contributed by atoms with Crippen LogP contribution in [0.3, 0.4) is 0 Å². The maximum atomic E-state index is 14.0. The van der Waals surface area contributed by atoms with Crippen molar-refractivity contribution in [3.05, 3.63) is 105 Å². The highest BCUT2D eigenvalue weighted by atomic mass is 127. The van der Waals surface area contributed by atoms with Gasteiger partial charge in [0.2, 0.25) is 0 Å². The van der Waals surface area contributed by atoms with E-state index in [-0.39, 0.29) is 23.2 Å². The van der Waals surface area contributed by atoms with Crippen molar-refractivity contribution >= 4 is 56.8 Å². The Labute approximate surface area is 239 Å². The highest BCUT2D eigenvalue weighted by molar-refractivity contribution is 14.1. The summed E-state index contributed by atoms with van der Waals surface area (Å²) in [5, 5.41) is 14.9. The number of amides is 2. The Hall–Kier alpha value is -4.13. The number of fused-ring (bicyclic) bond motifs is 2. The molecule has 7 nitrogen and oxygen atoms in total. The smallest absolute Gasteiger partial charge is 0.480 e. The van der Waals surface area contributed by atoms with Crippen LogP contribution in [0.2, 0.25) is 0 Å². The van der Waals surface area contributed by atoms with Crippen LogP contribution in [0.25, 0.3) is 10.8 Å². The molecule has 0 aliphatic carbocycles. The molecule has 11 heteroatoms. The SMILES string of the molecule is O=C(O)C(Cc1ccc2ccccc2c1)N1C(=O)c2cc(I)ccc2NC(=O)C1c1ccc(OC(F)(F)F)cc1. The monoisotopic (exact) mass is 660 g/mol. The second kappa shape index (κ2) is 10.8. The van der Waals surface area contributed by atoms with Gasteiger partial charge in [-0.25, -0.2) is 4.79 Å². The molecule has 0 fully saturated rings. The molecule has 0 saturated heterocycles. The van der Waals surface area contributed by atoms with Gasteiger partial charge in [-0.15, -0.1) is 13.2 Å². The predicted octanol–water partition coefficient (Wildman–Crippen LogP) is 6.17. The predicted molar refractivity (Wildman–Crippen MR) is 149 cm³/mol. The van der Waals surface area contributed by atoms with Crippen LogP contribution in [-0.2, 0) is 16.0 Å². The number of benzene rings is 4. The number of carbonyl (C=O) groups is 3. The maximum Gasteiger partial charge on any atom is 0.573 e. The lowest BCUT2D eigenvalue weighted by Gasteiger charge is -2.34. The van der Waals surface area contributed by atoms with Gasteiger partial charge < -0.3 is 20.1 Å². The third-order valence-corrected chi connectivity index (χ3v) is 7.20. The number of alkyl halides is 3. The minimum atomic E-state index is -4.92. The topological polar surface area (TPSA) is 95.9 Å². The summed E-state index contributed by atoms with van der Waals surface area (Å²) < 4.78 is 42.7. The van der Waals surface area contributed by atoms with Gasteiger partial charge in [0, 0.05) is 9.99 Å². The fourth-order valence-electron chi connectivity index (χ4n) is 4.77. The molecule has 40 heavy (non-hydrogen) atoms. The quantitative estimate of drug-likeness (QED) is 0.241. The second-order valence-corrected chi connectivity index (χ2v) is 10.4. The summed E-state index contributed by atoms with van der Waals surface area (Å²) in [6.07, 6.45) is -5.04. The van der Waals surface area contributed by atoms with E-state index in [1.807, 2.05) is 59.0 Å². The zero-order valence-electron chi connectivity index (χ0n) is 20.5. The van der Waals surface area contributed by atoms with E-state index < -0.39 is 42.0 Å². The number of nitrogens with zero attached hydrogens (tertiary/aromatic N) is 1. The van der Waals surface area contributed by atoms with E-state index in [2.05, 4.69) is 10.1 Å². The zero-order chi connectivity index (χ0) is 28.6. The number of halogens is 4. The molecule has 1 aliphatic rings. The zero-order valence-corrected chi connectivity index (χ0v) is 22.6. The highest BCUT2D eigenvalue weighted by Gasteiger charge is 2.43. The van der Waals surface area contributed by atoms with Gasteiger partial charge in [0.15, 0.2) is 0 Å². The van der Waals surface area contributed by atoms with Crippen LogP contribution in [0.5, 0.6) is 5.75 Å². The molecule has 0 saturated carbocycles. The largest absolute Gasteiger partial charge is 0.573 e. The first-order valence-electron chi connectivity index (χ1n) is 12.0. The van der Waals surface area contributed by atoms with Crippen molar-refractivity contribution in [3.8, 4) is 5.75 Å². The Kier molecular flexibility index (Phi) is 7.41. The number of rotatable bonds is 6. The summed E-state index contributed by atoms with van der Waals surface area (Å²) in [6, 6.07) is 19.2. The Morgan fingerprint density at radius 1 is 0.975 bits per heavy atom. The first-order valence-corrected chi connectivity index (χ1v) is 13.1. The summed E-state index contributed by atoms with van der Waals surface area (Å²) >= 11 is 2.00. The second-order valence-electron chi connectivity index (χ2n) is 9.15. The Morgan fingerprint density at radius 2 is 1.68 bits per heavy atom. The van der Waals surface area contributed by atoms with Gasteiger partial charge in [-0.2, -0.15) is 0 Å². The van der Waals surface area contributed by atoms with E-state index in [1.54, 1.807) is 24.3 Å². The van der Waals surface area contributed by atoms with Crippen molar-refractivity contribution < 1.29 is 37.4 Å². The van der Waals surface area contributed by atoms with E-state index in [0.717, 1.165) is 27.8 Å². The number of carboxylic acid groups (broad SMARTS) is 1. The lowest BCUT2D eigenvalue weighted by Crippen LogP contribution is -2.50. The van der Waals surface area contributed by atoms with Crippen LogP contribution in [0.4, 0.5) is 18.9 Å². The maximum absolute atomic E-state index is 14.0. The lowest BCUT2D eigenvalue weighted by atomic mass is 9.96. The molecule has 1 aliphatic heterocycles. The Balaban J connectivity index is 1.61. The van der Waals surface area contributed by atoms with Crippen molar-refractivity contribution in [3.63, 3.8) is 0 Å². The number of hydrogen-bond acceptors (Lipinski definition) is 4. The van der Waals surface area contributed by atoms with E-state index in [0.29, 0.717) is 9.13 Å². The summed E-state index contributed by atoms with van der Waals surface area (Å²) in [7, 11) is 0. The number of ether oxygens (including phenoxy) is 1. The van der Waals surface area contributed by atoms with Crippen molar-refractivity contribution in [2.45, 2.75) is 24.9 Å². The summed E-state index contributed by atoms with van der Waals surface area (Å²) in [5.41, 5.74) is 1.05. The molecule has 2 amide bonds. The Bertz CT molecular complexity index is 1620. The van der Waals surface area contributed by atoms with Crippen LogP contribution in [-0.4, -0.2) is 40.2 Å². The molecule has 4 aromatic carbocycles. The van der Waals surface area contributed by atoms with Crippen LogP contribution in [0.1, 0.15) is 27.5 Å². The fourth-order valence-corrected chi connectivity index (χ4v) is 5.26. The van der Waals surface area contributed by atoms with Crippen molar-refractivity contribution in [1.29, 1.82) is 0 Å². The van der Waals surface area contributed by atoms with E-state index in [1.165, 1.54) is 12.1 Å². The summed E-state index contributed by atoms with van der Waals surface area (Å²) in [5.74, 6) is -3.28. The van der Waals surface area contributed by atoms with Crippen LogP contribution >= 0.6 is 22.6 Å². The van der Waals surface area contributed by atoms with Gasteiger partial charge in [0.05, 0.1) is 11.3 Å². The van der Waals surface area contributed by atoms with Crippen LogP contribution < -0.4 is 10.1 Å².